The highest BCUT2D eigenvalue weighted by Crippen LogP contribution is 2.31. The second-order valence-corrected chi connectivity index (χ2v) is 3.92. The van der Waals surface area contributed by atoms with Gasteiger partial charge in [-0.2, -0.15) is 0 Å². The molecule has 0 aliphatic rings. The Kier molecular flexibility index (Phi) is 2.14. The monoisotopic (exact) mass is 257 g/mol. The minimum absolute atomic E-state index is 0.0592. The van der Waals surface area contributed by atoms with Gasteiger partial charge in [-0.05, 0) is 34.1 Å². The van der Waals surface area contributed by atoms with E-state index in [1.807, 2.05) is 6.07 Å². The van der Waals surface area contributed by atoms with Gasteiger partial charge in [-0.3, -0.25) is 4.98 Å². The molecule has 0 saturated heterocycles. The van der Waals surface area contributed by atoms with Gasteiger partial charge in [0.15, 0.2) is 0 Å². The molecule has 13 heavy (non-hydrogen) atoms. The lowest BCUT2D eigenvalue weighted by molar-refractivity contribution is 0.476. The number of pyridine rings is 1. The Balaban J connectivity index is 2.87. The first-order valence-corrected chi connectivity index (χ1v) is 4.78. The second kappa shape index (κ2) is 3.16. The molecule has 0 spiro atoms. The molecule has 1 aromatic carbocycles. The van der Waals surface area contributed by atoms with Crippen molar-refractivity contribution in [2.45, 2.75) is 0 Å². The van der Waals surface area contributed by atoms with E-state index in [9.17, 15) is 5.11 Å². The van der Waals surface area contributed by atoms with E-state index in [1.165, 1.54) is 0 Å². The Morgan fingerprint density at radius 1 is 1.38 bits per heavy atom. The van der Waals surface area contributed by atoms with Crippen LogP contribution in [0.2, 0.25) is 5.02 Å². The third-order valence-corrected chi connectivity index (χ3v) is 2.54. The molecule has 2 nitrogen and oxygen atoms in total. The van der Waals surface area contributed by atoms with E-state index < -0.39 is 0 Å². The highest BCUT2D eigenvalue weighted by Gasteiger charge is 2.05. The maximum absolute atomic E-state index is 9.30. The van der Waals surface area contributed by atoms with Crippen molar-refractivity contribution in [3.63, 3.8) is 0 Å². The van der Waals surface area contributed by atoms with Crippen LogP contribution < -0.4 is 0 Å². The van der Waals surface area contributed by atoms with Gasteiger partial charge in [0.2, 0.25) is 0 Å². The summed E-state index contributed by atoms with van der Waals surface area (Å²) in [5.74, 6) is 0.0592. The fraction of sp³-hybridized carbons (Fsp3) is 0. The van der Waals surface area contributed by atoms with E-state index in [0.29, 0.717) is 10.5 Å². The first kappa shape index (κ1) is 8.78. The van der Waals surface area contributed by atoms with Gasteiger partial charge >= 0.3 is 0 Å². The van der Waals surface area contributed by atoms with Crippen molar-refractivity contribution in [3.8, 4) is 5.75 Å². The summed E-state index contributed by atoms with van der Waals surface area (Å²) < 4.78 is 0.891. The molecular formula is C9H5BrClNO. The molecule has 66 valence electrons. The Bertz CT molecular complexity index is 472. The lowest BCUT2D eigenvalue weighted by Crippen LogP contribution is -1.80. The van der Waals surface area contributed by atoms with E-state index in [0.717, 1.165) is 9.86 Å². The number of aromatic nitrogens is 1. The summed E-state index contributed by atoms with van der Waals surface area (Å²) in [4.78, 5) is 4.10. The number of benzene rings is 1. The molecule has 0 aliphatic heterocycles. The smallest absolute Gasteiger partial charge is 0.136 e. The zero-order valence-corrected chi connectivity index (χ0v) is 8.80. The van der Waals surface area contributed by atoms with Crippen LogP contribution in [-0.2, 0) is 0 Å². The number of aromatic hydroxyl groups is 1. The number of halogens is 2. The fourth-order valence-corrected chi connectivity index (χ4v) is 1.70. The van der Waals surface area contributed by atoms with E-state index in [2.05, 4.69) is 20.9 Å². The highest BCUT2D eigenvalue weighted by molar-refractivity contribution is 9.10. The van der Waals surface area contributed by atoms with Gasteiger partial charge in [-0.1, -0.05) is 11.6 Å². The van der Waals surface area contributed by atoms with Crippen molar-refractivity contribution in [1.82, 2.24) is 4.98 Å². The van der Waals surface area contributed by atoms with Crippen LogP contribution in [0.3, 0.4) is 0 Å². The van der Waals surface area contributed by atoms with Crippen LogP contribution in [0.1, 0.15) is 0 Å². The number of hydrogen-bond acceptors (Lipinski definition) is 2. The quantitative estimate of drug-likeness (QED) is 0.786. The zero-order valence-electron chi connectivity index (χ0n) is 6.46. The van der Waals surface area contributed by atoms with Crippen LogP contribution in [0.4, 0.5) is 0 Å². The molecule has 0 bridgehead atoms. The first-order chi connectivity index (χ1) is 6.18. The standard InChI is InChI=1S/C9H5BrClNO/c10-6-3-5-1-2-7(13)8(11)9(5)12-4-6/h1-4,13H. The number of phenolic OH excluding ortho intramolecular Hbond substituents is 1. The molecule has 4 heteroatoms. The zero-order chi connectivity index (χ0) is 9.42. The molecule has 0 fully saturated rings. The van der Waals surface area contributed by atoms with E-state index in [1.54, 1.807) is 18.3 Å². The highest BCUT2D eigenvalue weighted by atomic mass is 79.9. The SMILES string of the molecule is Oc1ccc2cc(Br)cnc2c1Cl. The lowest BCUT2D eigenvalue weighted by atomic mass is 10.2. The summed E-state index contributed by atoms with van der Waals surface area (Å²) >= 11 is 9.16. The topological polar surface area (TPSA) is 33.1 Å². The fourth-order valence-electron chi connectivity index (χ4n) is 1.13. The molecule has 0 saturated carbocycles. The van der Waals surface area contributed by atoms with Gasteiger partial charge in [0, 0.05) is 16.1 Å². The summed E-state index contributed by atoms with van der Waals surface area (Å²) in [5, 5.41) is 10.5. The van der Waals surface area contributed by atoms with Crippen LogP contribution in [-0.4, -0.2) is 10.1 Å². The number of fused-ring (bicyclic) bond motifs is 1. The minimum atomic E-state index is 0.0592. The van der Waals surface area contributed by atoms with Gasteiger partial charge in [-0.25, -0.2) is 0 Å². The average molecular weight is 259 g/mol. The maximum atomic E-state index is 9.30. The van der Waals surface area contributed by atoms with Crippen molar-refractivity contribution in [1.29, 1.82) is 0 Å². The second-order valence-electron chi connectivity index (χ2n) is 2.62. The normalized spacial score (nSPS) is 10.6. The molecule has 1 N–H and O–H groups in total. The molecular weight excluding hydrogens is 253 g/mol. The Hall–Kier alpha value is -0.800. The summed E-state index contributed by atoms with van der Waals surface area (Å²) in [6.07, 6.45) is 1.65. The van der Waals surface area contributed by atoms with Crippen molar-refractivity contribution < 1.29 is 5.11 Å². The van der Waals surface area contributed by atoms with E-state index in [-0.39, 0.29) is 5.75 Å². The Labute approximate surface area is 88.3 Å². The Morgan fingerprint density at radius 3 is 2.92 bits per heavy atom. The van der Waals surface area contributed by atoms with E-state index in [4.69, 9.17) is 11.6 Å². The largest absolute Gasteiger partial charge is 0.506 e. The molecule has 0 unspecified atom stereocenters. The van der Waals surface area contributed by atoms with Crippen molar-refractivity contribution >= 4 is 38.4 Å². The number of hydrogen-bond donors (Lipinski definition) is 1. The molecule has 1 heterocycles. The predicted octanol–water partition coefficient (Wildman–Crippen LogP) is 3.36. The molecule has 0 atom stereocenters. The summed E-state index contributed by atoms with van der Waals surface area (Å²) in [6, 6.07) is 5.22. The third kappa shape index (κ3) is 1.49. The van der Waals surface area contributed by atoms with Gasteiger partial charge in [0.05, 0.1) is 5.52 Å². The molecule has 0 amide bonds. The summed E-state index contributed by atoms with van der Waals surface area (Å²) in [5.41, 5.74) is 0.616. The van der Waals surface area contributed by atoms with Crippen LogP contribution in [0.15, 0.2) is 28.9 Å². The lowest BCUT2D eigenvalue weighted by Gasteiger charge is -2.01. The van der Waals surface area contributed by atoms with Crippen LogP contribution in [0, 0.1) is 0 Å². The molecule has 2 aromatic rings. The third-order valence-electron chi connectivity index (χ3n) is 1.74. The van der Waals surface area contributed by atoms with Crippen LogP contribution in [0.25, 0.3) is 10.9 Å². The first-order valence-electron chi connectivity index (χ1n) is 3.61. The van der Waals surface area contributed by atoms with Gasteiger partial charge in [-0.15, -0.1) is 0 Å². The summed E-state index contributed by atoms with van der Waals surface area (Å²) in [6.45, 7) is 0. The van der Waals surface area contributed by atoms with Crippen molar-refractivity contribution in [3.05, 3.63) is 33.9 Å². The molecule has 0 aliphatic carbocycles. The van der Waals surface area contributed by atoms with E-state index >= 15 is 0 Å². The van der Waals surface area contributed by atoms with Crippen LogP contribution in [0.5, 0.6) is 5.75 Å². The predicted molar refractivity (Wildman–Crippen MR) is 56.1 cm³/mol. The molecule has 2 rings (SSSR count). The minimum Gasteiger partial charge on any atom is -0.506 e. The van der Waals surface area contributed by atoms with Gasteiger partial charge < -0.3 is 5.11 Å². The average Bonchev–Trinajstić information content (AvgIpc) is 2.12. The van der Waals surface area contributed by atoms with Crippen molar-refractivity contribution in [2.24, 2.45) is 0 Å². The van der Waals surface area contributed by atoms with Gasteiger partial charge in [0.25, 0.3) is 0 Å². The number of nitrogens with zero attached hydrogens (tertiary/aromatic N) is 1. The Morgan fingerprint density at radius 2 is 2.15 bits per heavy atom. The maximum Gasteiger partial charge on any atom is 0.136 e. The van der Waals surface area contributed by atoms with Crippen LogP contribution >= 0.6 is 27.5 Å². The number of rotatable bonds is 0. The summed E-state index contributed by atoms with van der Waals surface area (Å²) in [7, 11) is 0. The number of phenols is 1. The van der Waals surface area contributed by atoms with Crippen molar-refractivity contribution in [2.75, 3.05) is 0 Å². The molecule has 1 aromatic heterocycles. The van der Waals surface area contributed by atoms with Gasteiger partial charge in [0.1, 0.15) is 10.8 Å². The molecule has 0 radical (unpaired) electrons.